The topological polar surface area (TPSA) is 55.5 Å². The third-order valence-corrected chi connectivity index (χ3v) is 1.16. The van der Waals surface area contributed by atoms with Crippen LogP contribution in [0, 0.1) is 0 Å². The molecular formula is C7H10ClNO2. The van der Waals surface area contributed by atoms with Gasteiger partial charge in [-0.2, -0.15) is 0 Å². The first-order valence-corrected chi connectivity index (χ1v) is 2.92. The molecule has 1 aromatic rings. The molecule has 11 heavy (non-hydrogen) atoms. The highest BCUT2D eigenvalue weighted by Crippen LogP contribution is 2.10. The van der Waals surface area contributed by atoms with E-state index in [9.17, 15) is 0 Å². The summed E-state index contributed by atoms with van der Waals surface area (Å²) < 4.78 is 0. The van der Waals surface area contributed by atoms with E-state index in [-0.39, 0.29) is 18.2 Å². The minimum atomic E-state index is 0. The van der Waals surface area contributed by atoms with Gasteiger partial charge in [0.1, 0.15) is 5.75 Å². The number of phenols is 1. The van der Waals surface area contributed by atoms with Gasteiger partial charge < -0.3 is 5.11 Å². The van der Waals surface area contributed by atoms with Crippen LogP contribution in [0.3, 0.4) is 0 Å². The van der Waals surface area contributed by atoms with Gasteiger partial charge in [-0.05, 0) is 17.7 Å². The summed E-state index contributed by atoms with van der Waals surface area (Å²) in [6, 6.07) is 6.77. The summed E-state index contributed by atoms with van der Waals surface area (Å²) in [6.07, 6.45) is 0. The summed E-state index contributed by atoms with van der Waals surface area (Å²) in [7, 11) is 0. The van der Waals surface area contributed by atoms with E-state index in [4.69, 9.17) is 11.0 Å². The fraction of sp³-hybridized carbons (Fsp3) is 0.143. The third-order valence-electron chi connectivity index (χ3n) is 1.16. The highest BCUT2D eigenvalue weighted by atomic mass is 35.5. The normalized spacial score (nSPS) is 8.82. The molecule has 3 N–H and O–H groups in total. The third kappa shape index (κ3) is 3.23. The number of aromatic hydroxyl groups is 1. The van der Waals surface area contributed by atoms with E-state index in [2.05, 4.69) is 4.84 Å². The SMILES string of the molecule is Cl.NOCc1cccc(O)c1. The van der Waals surface area contributed by atoms with Gasteiger partial charge in [0.05, 0.1) is 6.61 Å². The van der Waals surface area contributed by atoms with Gasteiger partial charge >= 0.3 is 0 Å². The summed E-state index contributed by atoms with van der Waals surface area (Å²) in [5.41, 5.74) is 0.863. The standard InChI is InChI=1S/C7H9NO2.ClH/c8-10-5-6-2-1-3-7(9)4-6;/h1-4,9H,5,8H2;1H. The van der Waals surface area contributed by atoms with Gasteiger partial charge in [0, 0.05) is 0 Å². The lowest BCUT2D eigenvalue weighted by Crippen LogP contribution is -1.97. The minimum absolute atomic E-state index is 0. The molecule has 0 saturated carbocycles. The van der Waals surface area contributed by atoms with Crippen molar-refractivity contribution < 1.29 is 9.94 Å². The molecule has 0 amide bonds. The van der Waals surface area contributed by atoms with Crippen LogP contribution < -0.4 is 5.90 Å². The number of benzene rings is 1. The first kappa shape index (κ1) is 10.2. The molecule has 0 aliphatic carbocycles. The van der Waals surface area contributed by atoms with Gasteiger partial charge in [0.15, 0.2) is 0 Å². The van der Waals surface area contributed by atoms with Crippen LogP contribution in [0.15, 0.2) is 24.3 Å². The average molecular weight is 176 g/mol. The average Bonchev–Trinajstić information content (AvgIpc) is 1.88. The van der Waals surface area contributed by atoms with E-state index in [1.165, 1.54) is 0 Å². The van der Waals surface area contributed by atoms with Crippen molar-refractivity contribution in [1.29, 1.82) is 0 Å². The molecule has 0 atom stereocenters. The van der Waals surface area contributed by atoms with Crippen LogP contribution in [-0.2, 0) is 11.4 Å². The highest BCUT2D eigenvalue weighted by Gasteiger charge is 1.91. The molecule has 0 saturated heterocycles. The molecule has 3 nitrogen and oxygen atoms in total. The van der Waals surface area contributed by atoms with Gasteiger partial charge in [-0.1, -0.05) is 12.1 Å². The largest absolute Gasteiger partial charge is 0.508 e. The maximum absolute atomic E-state index is 8.94. The van der Waals surface area contributed by atoms with Crippen LogP contribution in [-0.4, -0.2) is 5.11 Å². The lowest BCUT2D eigenvalue weighted by molar-refractivity contribution is 0.124. The molecule has 0 heterocycles. The smallest absolute Gasteiger partial charge is 0.115 e. The molecule has 0 aliphatic heterocycles. The second kappa shape index (κ2) is 4.96. The van der Waals surface area contributed by atoms with Gasteiger partial charge in [-0.25, -0.2) is 5.90 Å². The first-order chi connectivity index (χ1) is 4.83. The molecule has 0 aliphatic rings. The van der Waals surface area contributed by atoms with Crippen LogP contribution in [0.25, 0.3) is 0 Å². The summed E-state index contributed by atoms with van der Waals surface area (Å²) in [6.45, 7) is 0.328. The first-order valence-electron chi connectivity index (χ1n) is 2.92. The number of rotatable bonds is 2. The Labute approximate surface area is 71.2 Å². The molecule has 0 spiro atoms. The molecule has 0 radical (unpaired) electrons. The van der Waals surface area contributed by atoms with E-state index < -0.39 is 0 Å². The Kier molecular flexibility index (Phi) is 4.61. The number of hydrogen-bond acceptors (Lipinski definition) is 3. The molecule has 1 aromatic carbocycles. The number of phenolic OH excluding ortho intramolecular Hbond substituents is 1. The molecule has 0 unspecified atom stereocenters. The summed E-state index contributed by atoms with van der Waals surface area (Å²) in [5.74, 6) is 5.06. The Morgan fingerprint density at radius 2 is 2.18 bits per heavy atom. The summed E-state index contributed by atoms with van der Waals surface area (Å²) >= 11 is 0. The van der Waals surface area contributed by atoms with Crippen molar-refractivity contribution in [3.05, 3.63) is 29.8 Å². The molecule has 62 valence electrons. The number of halogens is 1. The van der Waals surface area contributed by atoms with Crippen molar-refractivity contribution in [3.63, 3.8) is 0 Å². The molecule has 0 bridgehead atoms. The molecule has 0 aromatic heterocycles. The lowest BCUT2D eigenvalue weighted by atomic mass is 10.2. The van der Waals surface area contributed by atoms with Gasteiger partial charge in [-0.15, -0.1) is 12.4 Å². The van der Waals surface area contributed by atoms with Crippen molar-refractivity contribution in [1.82, 2.24) is 0 Å². The van der Waals surface area contributed by atoms with Crippen LogP contribution >= 0.6 is 12.4 Å². The minimum Gasteiger partial charge on any atom is -0.508 e. The van der Waals surface area contributed by atoms with E-state index >= 15 is 0 Å². The van der Waals surface area contributed by atoms with Gasteiger partial charge in [-0.3, -0.25) is 4.84 Å². The summed E-state index contributed by atoms with van der Waals surface area (Å²) in [4.78, 5) is 4.37. The van der Waals surface area contributed by atoms with Crippen LogP contribution in [0.2, 0.25) is 0 Å². The predicted octanol–water partition coefficient (Wildman–Crippen LogP) is 1.20. The molecule has 1 rings (SSSR count). The second-order valence-electron chi connectivity index (χ2n) is 1.98. The fourth-order valence-corrected chi connectivity index (χ4v) is 0.742. The van der Waals surface area contributed by atoms with Crippen molar-refractivity contribution >= 4 is 12.4 Å². The monoisotopic (exact) mass is 175 g/mol. The molecular weight excluding hydrogens is 166 g/mol. The van der Waals surface area contributed by atoms with Gasteiger partial charge in [0.2, 0.25) is 0 Å². The predicted molar refractivity (Wildman–Crippen MR) is 44.3 cm³/mol. The summed E-state index contributed by atoms with van der Waals surface area (Å²) in [5, 5.41) is 8.94. The van der Waals surface area contributed by atoms with E-state index in [1.54, 1.807) is 18.2 Å². The Morgan fingerprint density at radius 1 is 1.45 bits per heavy atom. The number of nitrogens with two attached hydrogens (primary N) is 1. The van der Waals surface area contributed by atoms with Crippen LogP contribution in [0.1, 0.15) is 5.56 Å². The van der Waals surface area contributed by atoms with Crippen molar-refractivity contribution in [2.75, 3.05) is 0 Å². The van der Waals surface area contributed by atoms with E-state index in [1.807, 2.05) is 6.07 Å². The maximum Gasteiger partial charge on any atom is 0.115 e. The van der Waals surface area contributed by atoms with Crippen LogP contribution in [0.4, 0.5) is 0 Å². The van der Waals surface area contributed by atoms with Crippen molar-refractivity contribution in [2.24, 2.45) is 5.90 Å². The Balaban J connectivity index is 0.000001000. The van der Waals surface area contributed by atoms with Gasteiger partial charge in [0.25, 0.3) is 0 Å². The highest BCUT2D eigenvalue weighted by molar-refractivity contribution is 5.85. The Bertz CT molecular complexity index is 217. The van der Waals surface area contributed by atoms with Crippen molar-refractivity contribution in [3.8, 4) is 5.75 Å². The second-order valence-corrected chi connectivity index (χ2v) is 1.98. The number of hydrogen-bond donors (Lipinski definition) is 2. The zero-order valence-corrected chi connectivity index (χ0v) is 6.67. The zero-order valence-electron chi connectivity index (χ0n) is 5.86. The molecule has 4 heteroatoms. The van der Waals surface area contributed by atoms with Crippen molar-refractivity contribution in [2.45, 2.75) is 6.61 Å². The quantitative estimate of drug-likeness (QED) is 0.665. The Morgan fingerprint density at radius 3 is 2.73 bits per heavy atom. The fourth-order valence-electron chi connectivity index (χ4n) is 0.742. The molecule has 0 fully saturated rings. The van der Waals surface area contributed by atoms with E-state index in [0.29, 0.717) is 6.61 Å². The Hall–Kier alpha value is -0.770. The van der Waals surface area contributed by atoms with Crippen LogP contribution in [0.5, 0.6) is 5.75 Å². The zero-order chi connectivity index (χ0) is 7.40. The lowest BCUT2D eigenvalue weighted by Gasteiger charge is -1.97. The van der Waals surface area contributed by atoms with E-state index in [0.717, 1.165) is 5.56 Å². The maximum atomic E-state index is 8.94.